The largest absolute Gasteiger partial charge is 0.465 e. The third-order valence-corrected chi connectivity index (χ3v) is 4.95. The predicted octanol–water partition coefficient (Wildman–Crippen LogP) is 3.17. The lowest BCUT2D eigenvalue weighted by molar-refractivity contribution is 0.112. The molecule has 3 aromatic rings. The number of aliphatic hydroxyl groups is 1. The number of aromatic nitrogens is 3. The van der Waals surface area contributed by atoms with Gasteiger partial charge in [-0.25, -0.2) is 9.18 Å². The molecule has 1 unspecified atom stereocenters. The molecule has 0 saturated carbocycles. The number of rotatable bonds is 4. The lowest BCUT2D eigenvalue weighted by atomic mass is 9.98. The van der Waals surface area contributed by atoms with Crippen LogP contribution in [-0.2, 0) is 6.54 Å². The van der Waals surface area contributed by atoms with Gasteiger partial charge in [-0.2, -0.15) is 5.10 Å². The fourth-order valence-electron chi connectivity index (χ4n) is 3.64. The van der Waals surface area contributed by atoms with Crippen molar-refractivity contribution in [2.75, 3.05) is 13.2 Å². The summed E-state index contributed by atoms with van der Waals surface area (Å²) in [6.45, 7) is 0.361. The summed E-state index contributed by atoms with van der Waals surface area (Å²) in [5, 5.41) is 23.8. The van der Waals surface area contributed by atoms with Gasteiger partial charge in [0.15, 0.2) is 0 Å². The third-order valence-electron chi connectivity index (χ3n) is 4.95. The molecule has 0 spiro atoms. The highest BCUT2D eigenvalue weighted by molar-refractivity contribution is 5.83. The second kappa shape index (κ2) is 7.40. The van der Waals surface area contributed by atoms with Gasteiger partial charge in [0.05, 0.1) is 18.3 Å². The average Bonchev–Trinajstić information content (AvgIpc) is 3.09. The van der Waals surface area contributed by atoms with Crippen molar-refractivity contribution in [3.63, 3.8) is 0 Å². The summed E-state index contributed by atoms with van der Waals surface area (Å²) < 4.78 is 15.2. The molecular formula is C20H19FN4O3. The molecule has 7 nitrogen and oxygen atoms in total. The molecule has 0 radical (unpaired) electrons. The van der Waals surface area contributed by atoms with Crippen LogP contribution in [0.4, 0.5) is 9.18 Å². The van der Waals surface area contributed by atoms with Gasteiger partial charge in [-0.3, -0.25) is 9.67 Å². The predicted molar refractivity (Wildman–Crippen MR) is 100 cm³/mol. The Morgan fingerprint density at radius 3 is 2.50 bits per heavy atom. The van der Waals surface area contributed by atoms with Crippen molar-refractivity contribution >= 4 is 6.09 Å². The van der Waals surface area contributed by atoms with Crippen LogP contribution in [0.2, 0.25) is 0 Å². The molecule has 4 rings (SSSR count). The topological polar surface area (TPSA) is 91.5 Å². The number of nitrogens with zero attached hydrogens (tertiary/aromatic N) is 4. The Morgan fingerprint density at radius 1 is 1.14 bits per heavy atom. The van der Waals surface area contributed by atoms with Gasteiger partial charge >= 0.3 is 6.09 Å². The smallest absolute Gasteiger partial charge is 0.407 e. The van der Waals surface area contributed by atoms with Crippen LogP contribution in [0, 0.1) is 5.82 Å². The highest BCUT2D eigenvalue weighted by Crippen LogP contribution is 2.38. The minimum atomic E-state index is -1.01. The van der Waals surface area contributed by atoms with Crippen molar-refractivity contribution < 1.29 is 19.4 Å². The standard InChI is InChI=1S/C20H19FN4O3/c21-15-3-1-14(2-4-15)19-18(13-5-8-22-9-6-13)17-12-24(20(27)28)11-16(7-10-26)25(17)23-19/h1-6,8-9,16,26H,7,10-12H2,(H,27,28). The van der Waals surface area contributed by atoms with E-state index in [1.807, 2.05) is 16.8 Å². The van der Waals surface area contributed by atoms with Gasteiger partial charge in [0.1, 0.15) is 11.5 Å². The first-order valence-electron chi connectivity index (χ1n) is 8.95. The van der Waals surface area contributed by atoms with E-state index in [-0.39, 0.29) is 31.6 Å². The van der Waals surface area contributed by atoms with E-state index >= 15 is 0 Å². The Morgan fingerprint density at radius 2 is 1.86 bits per heavy atom. The maximum Gasteiger partial charge on any atom is 0.407 e. The first kappa shape index (κ1) is 18.1. The van der Waals surface area contributed by atoms with E-state index in [1.54, 1.807) is 24.5 Å². The Kier molecular flexibility index (Phi) is 4.79. The van der Waals surface area contributed by atoms with Crippen molar-refractivity contribution in [1.29, 1.82) is 0 Å². The van der Waals surface area contributed by atoms with Gasteiger partial charge in [0.25, 0.3) is 0 Å². The monoisotopic (exact) mass is 382 g/mol. The third kappa shape index (κ3) is 3.22. The molecule has 0 fully saturated rings. The summed E-state index contributed by atoms with van der Waals surface area (Å²) in [7, 11) is 0. The van der Waals surface area contributed by atoms with Gasteiger partial charge in [0, 0.05) is 36.7 Å². The number of hydrogen-bond acceptors (Lipinski definition) is 4. The maximum atomic E-state index is 13.4. The van der Waals surface area contributed by atoms with E-state index < -0.39 is 6.09 Å². The van der Waals surface area contributed by atoms with Crippen LogP contribution in [0.15, 0.2) is 48.8 Å². The SMILES string of the molecule is O=C(O)N1Cc2c(-c3ccncc3)c(-c3ccc(F)cc3)nn2C(CCO)C1. The van der Waals surface area contributed by atoms with Crippen molar-refractivity contribution in [2.24, 2.45) is 0 Å². The van der Waals surface area contributed by atoms with Crippen LogP contribution in [-0.4, -0.2) is 49.1 Å². The zero-order chi connectivity index (χ0) is 19.7. The Labute approximate surface area is 160 Å². The van der Waals surface area contributed by atoms with Crippen LogP contribution in [0.3, 0.4) is 0 Å². The average molecular weight is 382 g/mol. The Balaban J connectivity index is 1.94. The second-order valence-electron chi connectivity index (χ2n) is 6.69. The van der Waals surface area contributed by atoms with E-state index in [1.165, 1.54) is 17.0 Å². The highest BCUT2D eigenvalue weighted by atomic mass is 19.1. The molecule has 144 valence electrons. The Bertz CT molecular complexity index is 989. The number of carbonyl (C=O) groups is 1. The molecule has 2 N–H and O–H groups in total. The number of amides is 1. The fourth-order valence-corrected chi connectivity index (χ4v) is 3.64. The first-order chi connectivity index (χ1) is 13.6. The summed E-state index contributed by atoms with van der Waals surface area (Å²) >= 11 is 0. The molecular weight excluding hydrogens is 363 g/mol. The molecule has 2 aromatic heterocycles. The number of halogens is 1. The van der Waals surface area contributed by atoms with E-state index in [9.17, 15) is 19.4 Å². The van der Waals surface area contributed by atoms with Crippen molar-refractivity contribution in [3.05, 3.63) is 60.3 Å². The minimum absolute atomic E-state index is 0.0755. The summed E-state index contributed by atoms with van der Waals surface area (Å²) in [5.41, 5.74) is 3.78. The van der Waals surface area contributed by atoms with Crippen molar-refractivity contribution in [3.8, 4) is 22.4 Å². The molecule has 1 amide bonds. The van der Waals surface area contributed by atoms with Gasteiger partial charge in [-0.15, -0.1) is 0 Å². The second-order valence-corrected chi connectivity index (χ2v) is 6.69. The minimum Gasteiger partial charge on any atom is -0.465 e. The van der Waals surface area contributed by atoms with Crippen molar-refractivity contribution in [1.82, 2.24) is 19.7 Å². The summed E-state index contributed by atoms with van der Waals surface area (Å²) in [5.74, 6) is -0.339. The van der Waals surface area contributed by atoms with Crippen LogP contribution in [0.25, 0.3) is 22.4 Å². The van der Waals surface area contributed by atoms with Gasteiger partial charge in [0.2, 0.25) is 0 Å². The molecule has 0 bridgehead atoms. The molecule has 3 heterocycles. The van der Waals surface area contributed by atoms with Gasteiger partial charge in [-0.1, -0.05) is 0 Å². The molecule has 28 heavy (non-hydrogen) atoms. The summed E-state index contributed by atoms with van der Waals surface area (Å²) in [4.78, 5) is 17.0. The van der Waals surface area contributed by atoms with Crippen LogP contribution in [0.1, 0.15) is 18.2 Å². The number of hydrogen-bond donors (Lipinski definition) is 2. The van der Waals surface area contributed by atoms with Gasteiger partial charge in [-0.05, 0) is 48.4 Å². The highest BCUT2D eigenvalue weighted by Gasteiger charge is 2.33. The normalized spacial score (nSPS) is 16.1. The molecule has 1 atom stereocenters. The van der Waals surface area contributed by atoms with Crippen molar-refractivity contribution in [2.45, 2.75) is 19.0 Å². The number of carboxylic acid groups (broad SMARTS) is 1. The van der Waals surface area contributed by atoms with Crippen LogP contribution >= 0.6 is 0 Å². The van der Waals surface area contributed by atoms with Gasteiger partial charge < -0.3 is 15.1 Å². The fraction of sp³-hybridized carbons (Fsp3) is 0.250. The zero-order valence-electron chi connectivity index (χ0n) is 15.0. The molecule has 8 heteroatoms. The van der Waals surface area contributed by atoms with Crippen LogP contribution < -0.4 is 0 Å². The Hall–Kier alpha value is -3.26. The molecule has 1 aromatic carbocycles. The number of aliphatic hydroxyl groups excluding tert-OH is 1. The summed E-state index contributed by atoms with van der Waals surface area (Å²) in [6.07, 6.45) is 2.70. The molecule has 0 aliphatic carbocycles. The lowest BCUT2D eigenvalue weighted by Crippen LogP contribution is -2.41. The zero-order valence-corrected chi connectivity index (χ0v) is 15.0. The van der Waals surface area contributed by atoms with Crippen LogP contribution in [0.5, 0.6) is 0 Å². The number of pyridine rings is 1. The van der Waals surface area contributed by atoms with E-state index in [4.69, 9.17) is 5.10 Å². The number of fused-ring (bicyclic) bond motifs is 1. The first-order valence-corrected chi connectivity index (χ1v) is 8.95. The maximum absolute atomic E-state index is 13.4. The number of benzene rings is 1. The quantitative estimate of drug-likeness (QED) is 0.723. The molecule has 1 aliphatic rings. The lowest BCUT2D eigenvalue weighted by Gasteiger charge is -2.32. The summed E-state index contributed by atoms with van der Waals surface area (Å²) in [6, 6.07) is 9.46. The van der Waals surface area contributed by atoms with E-state index in [0.29, 0.717) is 12.1 Å². The van der Waals surface area contributed by atoms with E-state index in [0.717, 1.165) is 22.4 Å². The van der Waals surface area contributed by atoms with E-state index in [2.05, 4.69) is 4.98 Å². The molecule has 1 aliphatic heterocycles. The molecule has 0 saturated heterocycles.